The normalized spacial score (nSPS) is 12.1. The van der Waals surface area contributed by atoms with Crippen molar-refractivity contribution in [2.75, 3.05) is 0 Å². The molecule has 0 aromatic heterocycles. The summed E-state index contributed by atoms with van der Waals surface area (Å²) in [6.07, 6.45) is 14.7. The molecular weight excluding hydrogens is 296 g/mol. The highest BCUT2D eigenvalue weighted by Gasteiger charge is 2.14. The van der Waals surface area contributed by atoms with Crippen LogP contribution in [0.5, 0.6) is 5.75 Å². The predicted octanol–water partition coefficient (Wildman–Crippen LogP) is 5.65. The van der Waals surface area contributed by atoms with E-state index in [0.29, 0.717) is 11.5 Å². The van der Waals surface area contributed by atoms with Gasteiger partial charge >= 0.3 is 0 Å². The van der Waals surface area contributed by atoms with E-state index < -0.39 is 0 Å². The first-order valence-corrected chi connectivity index (χ1v) is 8.50. The molecule has 24 heavy (non-hydrogen) atoms. The number of phenols is 1. The number of hydrogen-bond donors (Lipinski definition) is 2. The van der Waals surface area contributed by atoms with E-state index in [0.717, 1.165) is 23.1 Å². The fraction of sp³-hybridized carbons (Fsp3) is 0.364. The van der Waals surface area contributed by atoms with Crippen LogP contribution in [0.1, 0.15) is 56.9 Å². The summed E-state index contributed by atoms with van der Waals surface area (Å²) in [6.45, 7) is 10.1. The second-order valence-corrected chi connectivity index (χ2v) is 6.50. The van der Waals surface area contributed by atoms with E-state index in [4.69, 9.17) is 0 Å². The van der Waals surface area contributed by atoms with E-state index in [2.05, 4.69) is 39.8 Å². The van der Waals surface area contributed by atoms with E-state index in [9.17, 15) is 10.2 Å². The molecule has 2 nitrogen and oxygen atoms in total. The number of aromatic hydroxyl groups is 1. The van der Waals surface area contributed by atoms with Gasteiger partial charge in [-0.25, -0.2) is 0 Å². The molecular formula is C22H30O2. The van der Waals surface area contributed by atoms with Crippen molar-refractivity contribution in [1.82, 2.24) is 0 Å². The monoisotopic (exact) mass is 326 g/mol. The summed E-state index contributed by atoms with van der Waals surface area (Å²) in [5.74, 6) is 0.563. The zero-order valence-electron chi connectivity index (χ0n) is 15.5. The highest BCUT2D eigenvalue weighted by atomic mass is 16.3. The minimum Gasteiger partial charge on any atom is -0.507 e. The first-order valence-electron chi connectivity index (χ1n) is 8.50. The molecule has 0 bridgehead atoms. The van der Waals surface area contributed by atoms with E-state index >= 15 is 0 Å². The Labute approximate surface area is 146 Å². The van der Waals surface area contributed by atoms with Crippen LogP contribution in [0.25, 0.3) is 12.2 Å². The molecule has 0 aliphatic heterocycles. The third-order valence-corrected chi connectivity index (χ3v) is 3.68. The number of benzene rings is 1. The van der Waals surface area contributed by atoms with Crippen LogP contribution in [0.4, 0.5) is 0 Å². The van der Waals surface area contributed by atoms with Gasteiger partial charge in [0.25, 0.3) is 0 Å². The summed E-state index contributed by atoms with van der Waals surface area (Å²) in [4.78, 5) is 0. The number of aliphatic hydroxyl groups excluding tert-OH is 1. The lowest BCUT2D eigenvalue weighted by atomic mass is 9.93. The lowest BCUT2D eigenvalue weighted by Gasteiger charge is -2.15. The minimum absolute atomic E-state index is 0.162. The third-order valence-electron chi connectivity index (χ3n) is 3.68. The third kappa shape index (κ3) is 5.86. The number of rotatable bonds is 7. The Morgan fingerprint density at radius 1 is 1.17 bits per heavy atom. The molecule has 0 fully saturated rings. The van der Waals surface area contributed by atoms with Crippen molar-refractivity contribution in [3.8, 4) is 5.75 Å². The second kappa shape index (κ2) is 9.94. The molecule has 1 aromatic rings. The average Bonchev–Trinajstić information content (AvgIpc) is 2.53. The Balaban J connectivity index is 3.52. The molecule has 0 atom stereocenters. The van der Waals surface area contributed by atoms with Gasteiger partial charge < -0.3 is 10.2 Å². The van der Waals surface area contributed by atoms with Gasteiger partial charge in [0.15, 0.2) is 0 Å². The predicted molar refractivity (Wildman–Crippen MR) is 105 cm³/mol. The Bertz CT molecular complexity index is 655. The number of aliphatic hydroxyl groups is 1. The summed E-state index contributed by atoms with van der Waals surface area (Å²) in [6, 6.07) is 2.02. The molecule has 0 saturated heterocycles. The largest absolute Gasteiger partial charge is 0.507 e. The second-order valence-electron chi connectivity index (χ2n) is 6.50. The fourth-order valence-corrected chi connectivity index (χ4v) is 2.37. The summed E-state index contributed by atoms with van der Waals surface area (Å²) in [5, 5.41) is 20.4. The zero-order valence-corrected chi connectivity index (χ0v) is 15.5. The smallest absolute Gasteiger partial charge is 0.128 e. The van der Waals surface area contributed by atoms with E-state index in [1.54, 1.807) is 0 Å². The van der Waals surface area contributed by atoms with E-state index in [-0.39, 0.29) is 12.4 Å². The fourth-order valence-electron chi connectivity index (χ4n) is 2.37. The van der Waals surface area contributed by atoms with Crippen LogP contribution in [0.15, 0.2) is 42.0 Å². The Morgan fingerprint density at radius 2 is 1.88 bits per heavy atom. The average molecular weight is 326 g/mol. The quantitative estimate of drug-likeness (QED) is 0.502. The molecule has 2 N–H and O–H groups in total. The topological polar surface area (TPSA) is 40.5 Å². The van der Waals surface area contributed by atoms with Crippen LogP contribution >= 0.6 is 0 Å². The molecule has 0 unspecified atom stereocenters. The number of hydrogen-bond acceptors (Lipinski definition) is 2. The highest BCUT2D eigenvalue weighted by Crippen LogP contribution is 2.32. The summed E-state index contributed by atoms with van der Waals surface area (Å²) in [7, 11) is 0. The molecule has 2 heteroatoms. The maximum absolute atomic E-state index is 10.6. The molecule has 0 heterocycles. The van der Waals surface area contributed by atoms with Crippen molar-refractivity contribution < 1.29 is 10.2 Å². The van der Waals surface area contributed by atoms with Crippen molar-refractivity contribution in [1.29, 1.82) is 0 Å². The van der Waals surface area contributed by atoms with Crippen molar-refractivity contribution in [3.05, 3.63) is 64.3 Å². The van der Waals surface area contributed by atoms with Gasteiger partial charge in [-0.15, -0.1) is 0 Å². The minimum atomic E-state index is -0.188. The van der Waals surface area contributed by atoms with Crippen LogP contribution in [-0.2, 0) is 13.0 Å². The SMILES string of the molecule is CC=CC=Cc1c(CC=C(C)C)cc(C=CC(C)C)c(O)c1CO. The molecule has 0 spiro atoms. The van der Waals surface area contributed by atoms with Gasteiger partial charge in [0.2, 0.25) is 0 Å². The molecule has 0 saturated carbocycles. The molecule has 0 aliphatic carbocycles. The van der Waals surface area contributed by atoms with Gasteiger partial charge in [0.1, 0.15) is 5.75 Å². The summed E-state index contributed by atoms with van der Waals surface area (Å²) in [5.41, 5.74) is 4.58. The maximum Gasteiger partial charge on any atom is 0.128 e. The van der Waals surface area contributed by atoms with Gasteiger partial charge in [-0.3, -0.25) is 0 Å². The Kier molecular flexibility index (Phi) is 8.28. The zero-order chi connectivity index (χ0) is 18.1. The lowest BCUT2D eigenvalue weighted by molar-refractivity contribution is 0.275. The van der Waals surface area contributed by atoms with Gasteiger partial charge in [0.05, 0.1) is 6.61 Å². The first-order chi connectivity index (χ1) is 11.4. The van der Waals surface area contributed by atoms with E-state index in [1.165, 1.54) is 5.57 Å². The van der Waals surface area contributed by atoms with Crippen LogP contribution in [0.2, 0.25) is 0 Å². The summed E-state index contributed by atoms with van der Waals surface area (Å²) >= 11 is 0. The first kappa shape index (κ1) is 20.0. The maximum atomic E-state index is 10.6. The van der Waals surface area contributed by atoms with Crippen molar-refractivity contribution >= 4 is 12.2 Å². The lowest BCUT2D eigenvalue weighted by Crippen LogP contribution is -1.99. The van der Waals surface area contributed by atoms with Crippen molar-refractivity contribution in [2.45, 2.75) is 47.6 Å². The van der Waals surface area contributed by atoms with Crippen LogP contribution in [-0.4, -0.2) is 10.2 Å². The number of allylic oxidation sites excluding steroid dienone is 6. The van der Waals surface area contributed by atoms with Gasteiger partial charge in [-0.2, -0.15) is 0 Å². The van der Waals surface area contributed by atoms with Crippen molar-refractivity contribution in [2.24, 2.45) is 5.92 Å². The van der Waals surface area contributed by atoms with Gasteiger partial charge in [0, 0.05) is 11.1 Å². The van der Waals surface area contributed by atoms with Crippen LogP contribution in [0, 0.1) is 5.92 Å². The van der Waals surface area contributed by atoms with Crippen LogP contribution in [0.3, 0.4) is 0 Å². The molecule has 0 radical (unpaired) electrons. The van der Waals surface area contributed by atoms with E-state index in [1.807, 2.05) is 43.4 Å². The Morgan fingerprint density at radius 3 is 2.42 bits per heavy atom. The molecule has 1 aromatic carbocycles. The van der Waals surface area contributed by atoms with Gasteiger partial charge in [-0.05, 0) is 50.3 Å². The highest BCUT2D eigenvalue weighted by molar-refractivity contribution is 5.70. The Hall–Kier alpha value is -2.06. The van der Waals surface area contributed by atoms with Gasteiger partial charge in [-0.1, -0.05) is 62.0 Å². The standard InChI is InChI=1S/C22H30O2/c1-6-7-8-9-20-18(12-10-16(2)3)14-19(13-11-17(4)5)22(24)21(20)15-23/h6-11,13-14,17,23-24H,12,15H2,1-5H3. The van der Waals surface area contributed by atoms with Crippen molar-refractivity contribution in [3.63, 3.8) is 0 Å². The summed E-state index contributed by atoms with van der Waals surface area (Å²) < 4.78 is 0. The molecule has 0 amide bonds. The molecule has 1 rings (SSSR count). The van der Waals surface area contributed by atoms with Crippen LogP contribution < -0.4 is 0 Å². The molecule has 130 valence electrons. The molecule has 0 aliphatic rings.